The third-order valence-electron chi connectivity index (χ3n) is 6.36. The summed E-state index contributed by atoms with van der Waals surface area (Å²) in [6.07, 6.45) is 7.44. The van der Waals surface area contributed by atoms with E-state index in [1.807, 2.05) is 0 Å². The first-order chi connectivity index (χ1) is 15.7. The number of rotatable bonds is 12. The average molecular weight is 430 g/mol. The van der Waals surface area contributed by atoms with Crippen LogP contribution in [0.5, 0.6) is 0 Å². The molecular weight excluding hydrogens is 394 g/mol. The van der Waals surface area contributed by atoms with Gasteiger partial charge in [0, 0.05) is 11.8 Å². The van der Waals surface area contributed by atoms with Crippen LogP contribution in [0.2, 0.25) is 0 Å². The molecule has 3 aromatic rings. The van der Waals surface area contributed by atoms with E-state index in [0.717, 1.165) is 44.9 Å². The highest BCUT2D eigenvalue weighted by Gasteiger charge is 2.37. The zero-order chi connectivity index (χ0) is 22.7. The molecule has 168 valence electrons. The summed E-state index contributed by atoms with van der Waals surface area (Å²) in [6, 6.07) is 30.7. The third-order valence-corrected chi connectivity index (χ3v) is 6.36. The molecule has 0 spiro atoms. The molecule has 3 rings (SSSR count). The summed E-state index contributed by atoms with van der Waals surface area (Å²) in [5.74, 6) is -0.304. The Morgan fingerprint density at radius 3 is 1.94 bits per heavy atom. The molecule has 0 aliphatic heterocycles. The Morgan fingerprint density at radius 2 is 1.34 bits per heavy atom. The molecule has 0 radical (unpaired) electrons. The molecule has 2 N–H and O–H groups in total. The summed E-state index contributed by atoms with van der Waals surface area (Å²) in [7, 11) is 0. The lowest BCUT2D eigenvalue weighted by atomic mass is 9.65. The standard InChI is InChI=1S/C29H35NO2/c1-2-15-24-16-12-13-21-27(24)29(25-17-7-5-8-18-25,26-19-9-6-10-20-26)23-14-4-3-11-22-28(31)30-32/h5-10,12-13,16-21,32H,2-4,11,14-15,22-23H2,1H3,(H,30,31). The quantitative estimate of drug-likeness (QED) is 0.144. The van der Waals surface area contributed by atoms with Gasteiger partial charge in [0.05, 0.1) is 0 Å². The molecule has 0 bridgehead atoms. The van der Waals surface area contributed by atoms with Crippen LogP contribution in [0.3, 0.4) is 0 Å². The highest BCUT2D eigenvalue weighted by Crippen LogP contribution is 2.45. The van der Waals surface area contributed by atoms with E-state index in [9.17, 15) is 4.79 Å². The summed E-state index contributed by atoms with van der Waals surface area (Å²) < 4.78 is 0. The molecule has 1 amide bonds. The van der Waals surface area contributed by atoms with Gasteiger partial charge < -0.3 is 0 Å². The molecule has 3 nitrogen and oxygen atoms in total. The van der Waals surface area contributed by atoms with Crippen LogP contribution in [0, 0.1) is 0 Å². The van der Waals surface area contributed by atoms with E-state index in [1.165, 1.54) is 22.3 Å². The van der Waals surface area contributed by atoms with Crippen molar-refractivity contribution in [3.05, 3.63) is 107 Å². The van der Waals surface area contributed by atoms with Crippen molar-refractivity contribution in [2.24, 2.45) is 0 Å². The fourth-order valence-electron chi connectivity index (χ4n) is 4.86. The van der Waals surface area contributed by atoms with E-state index in [4.69, 9.17) is 5.21 Å². The molecule has 0 saturated carbocycles. The number of amides is 1. The van der Waals surface area contributed by atoms with Gasteiger partial charge in [0.15, 0.2) is 0 Å². The molecule has 0 aliphatic carbocycles. The lowest BCUT2D eigenvalue weighted by molar-refractivity contribution is -0.129. The average Bonchev–Trinajstić information content (AvgIpc) is 2.85. The second kappa shape index (κ2) is 12.2. The normalized spacial score (nSPS) is 11.3. The van der Waals surface area contributed by atoms with E-state index < -0.39 is 0 Å². The zero-order valence-electron chi connectivity index (χ0n) is 19.1. The van der Waals surface area contributed by atoms with Crippen molar-refractivity contribution < 1.29 is 10.0 Å². The van der Waals surface area contributed by atoms with Crippen molar-refractivity contribution in [3.8, 4) is 0 Å². The highest BCUT2D eigenvalue weighted by atomic mass is 16.5. The van der Waals surface area contributed by atoms with Crippen LogP contribution in [-0.2, 0) is 16.6 Å². The van der Waals surface area contributed by atoms with Crippen LogP contribution in [-0.4, -0.2) is 11.1 Å². The number of carbonyl (C=O) groups excluding carboxylic acids is 1. The molecule has 0 heterocycles. The topological polar surface area (TPSA) is 49.3 Å². The minimum atomic E-state index is -0.304. The largest absolute Gasteiger partial charge is 0.289 e. The molecule has 3 aromatic carbocycles. The predicted octanol–water partition coefficient (Wildman–Crippen LogP) is 6.82. The van der Waals surface area contributed by atoms with Crippen molar-refractivity contribution in [1.29, 1.82) is 0 Å². The molecular formula is C29H35NO2. The Bertz CT molecular complexity index is 914. The molecule has 0 fully saturated rings. The maximum Gasteiger partial charge on any atom is 0.243 e. The van der Waals surface area contributed by atoms with Crippen molar-refractivity contribution in [2.45, 2.75) is 63.7 Å². The lowest BCUT2D eigenvalue weighted by Gasteiger charge is -2.38. The van der Waals surface area contributed by atoms with Gasteiger partial charge in [0.1, 0.15) is 0 Å². The summed E-state index contributed by atoms with van der Waals surface area (Å²) in [6.45, 7) is 2.24. The van der Waals surface area contributed by atoms with Crippen LogP contribution in [0.4, 0.5) is 0 Å². The molecule has 0 aliphatic rings. The molecule has 0 unspecified atom stereocenters. The van der Waals surface area contributed by atoms with Gasteiger partial charge >= 0.3 is 0 Å². The number of nitrogens with one attached hydrogen (secondary N) is 1. The molecule has 32 heavy (non-hydrogen) atoms. The summed E-state index contributed by atoms with van der Waals surface area (Å²) in [4.78, 5) is 11.3. The van der Waals surface area contributed by atoms with Crippen LogP contribution in [0.15, 0.2) is 84.9 Å². The van der Waals surface area contributed by atoms with Crippen molar-refractivity contribution >= 4 is 5.91 Å². The van der Waals surface area contributed by atoms with Crippen LogP contribution < -0.4 is 5.48 Å². The first-order valence-electron chi connectivity index (χ1n) is 11.8. The first kappa shape index (κ1) is 23.7. The van der Waals surface area contributed by atoms with Gasteiger partial charge in [-0.2, -0.15) is 0 Å². The third kappa shape index (κ3) is 5.66. The Hall–Kier alpha value is -2.91. The van der Waals surface area contributed by atoms with E-state index >= 15 is 0 Å². The molecule has 0 aromatic heterocycles. The number of benzene rings is 3. The van der Waals surface area contributed by atoms with Crippen molar-refractivity contribution in [1.82, 2.24) is 5.48 Å². The summed E-state index contributed by atoms with van der Waals surface area (Å²) in [5, 5.41) is 8.69. The number of hydroxylamine groups is 1. The van der Waals surface area contributed by atoms with Gasteiger partial charge in [0.25, 0.3) is 0 Å². The van der Waals surface area contributed by atoms with Gasteiger partial charge in [0.2, 0.25) is 5.91 Å². The van der Waals surface area contributed by atoms with Crippen molar-refractivity contribution in [3.63, 3.8) is 0 Å². The van der Waals surface area contributed by atoms with E-state index in [1.54, 1.807) is 5.48 Å². The number of unbranched alkanes of at least 4 members (excludes halogenated alkanes) is 3. The molecule has 3 heteroatoms. The van der Waals surface area contributed by atoms with Crippen LogP contribution in [0.25, 0.3) is 0 Å². The number of carbonyl (C=O) groups is 1. The summed E-state index contributed by atoms with van der Waals surface area (Å²) >= 11 is 0. The van der Waals surface area contributed by atoms with Gasteiger partial charge in [-0.15, -0.1) is 0 Å². The SMILES string of the molecule is CCCc1ccccc1C(CCCCCCC(=O)NO)(c1ccccc1)c1ccccc1. The maximum absolute atomic E-state index is 11.3. The number of hydrogen-bond donors (Lipinski definition) is 2. The van der Waals surface area contributed by atoms with Crippen LogP contribution >= 0.6 is 0 Å². The second-order valence-electron chi connectivity index (χ2n) is 8.49. The Kier molecular flexibility index (Phi) is 9.06. The van der Waals surface area contributed by atoms with Gasteiger partial charge in [-0.05, 0) is 41.5 Å². The Morgan fingerprint density at radius 1 is 0.781 bits per heavy atom. The second-order valence-corrected chi connectivity index (χ2v) is 8.49. The van der Waals surface area contributed by atoms with E-state index in [2.05, 4.69) is 91.9 Å². The van der Waals surface area contributed by atoms with E-state index in [0.29, 0.717) is 6.42 Å². The van der Waals surface area contributed by atoms with Gasteiger partial charge in [-0.3, -0.25) is 10.0 Å². The monoisotopic (exact) mass is 429 g/mol. The zero-order valence-corrected chi connectivity index (χ0v) is 19.1. The van der Waals surface area contributed by atoms with Gasteiger partial charge in [-0.25, -0.2) is 5.48 Å². The number of aryl methyl sites for hydroxylation is 1. The van der Waals surface area contributed by atoms with Gasteiger partial charge in [-0.1, -0.05) is 118 Å². The maximum atomic E-state index is 11.3. The Labute approximate surface area is 192 Å². The van der Waals surface area contributed by atoms with E-state index in [-0.39, 0.29) is 11.3 Å². The highest BCUT2D eigenvalue weighted by molar-refractivity contribution is 5.74. The fraction of sp³-hybridized carbons (Fsp3) is 0.345. The smallest absolute Gasteiger partial charge is 0.243 e. The Balaban J connectivity index is 1.99. The fourth-order valence-corrected chi connectivity index (χ4v) is 4.86. The summed E-state index contributed by atoms with van der Waals surface area (Å²) in [5.41, 5.74) is 6.99. The van der Waals surface area contributed by atoms with Crippen molar-refractivity contribution in [2.75, 3.05) is 0 Å². The lowest BCUT2D eigenvalue weighted by Crippen LogP contribution is -2.31. The number of hydrogen-bond acceptors (Lipinski definition) is 2. The molecule has 0 atom stereocenters. The first-order valence-corrected chi connectivity index (χ1v) is 11.8. The minimum Gasteiger partial charge on any atom is -0.289 e. The minimum absolute atomic E-state index is 0.212. The molecule has 0 saturated heterocycles. The van der Waals surface area contributed by atoms with Crippen LogP contribution in [0.1, 0.15) is 74.1 Å². The predicted molar refractivity (Wildman–Crippen MR) is 131 cm³/mol.